The molecule has 0 aliphatic heterocycles. The second-order valence-electron chi connectivity index (χ2n) is 7.11. The zero-order valence-electron chi connectivity index (χ0n) is 12.6. The van der Waals surface area contributed by atoms with Crippen LogP contribution in [0.1, 0.15) is 51.4 Å². The monoisotopic (exact) mass is 323 g/mol. The molecule has 4 aliphatic rings. The van der Waals surface area contributed by atoms with Gasteiger partial charge in [-0.1, -0.05) is 0 Å². The summed E-state index contributed by atoms with van der Waals surface area (Å²) in [5.74, 6) is 1.77. The third-order valence-electron chi connectivity index (χ3n) is 5.24. The van der Waals surface area contributed by atoms with Gasteiger partial charge in [-0.05, 0) is 62.7 Å². The zero-order chi connectivity index (χ0) is 14.4. The van der Waals surface area contributed by atoms with Crippen molar-refractivity contribution in [2.45, 2.75) is 56.9 Å². The van der Waals surface area contributed by atoms with Crippen LogP contribution in [0.4, 0.5) is 0 Å². The average Bonchev–Trinajstić information content (AvgIpc) is 2.23. The molecule has 114 valence electrons. The van der Waals surface area contributed by atoms with E-state index in [0.717, 1.165) is 37.0 Å². The Balaban J connectivity index is 0.00000161. The van der Waals surface area contributed by atoms with Gasteiger partial charge in [-0.3, -0.25) is 4.79 Å². The number of nitrogens with one attached hydrogen (secondary N) is 1. The average molecular weight is 323 g/mol. The number of rotatable bonds is 5. The minimum absolute atomic E-state index is 0. The van der Waals surface area contributed by atoms with Gasteiger partial charge in [0.1, 0.15) is 0 Å². The molecule has 0 unspecified atom stereocenters. The first-order valence-electron chi connectivity index (χ1n) is 7.58. The van der Waals surface area contributed by atoms with Crippen LogP contribution in [0.5, 0.6) is 0 Å². The van der Waals surface area contributed by atoms with Crippen molar-refractivity contribution in [1.29, 1.82) is 0 Å². The fourth-order valence-electron chi connectivity index (χ4n) is 5.03. The summed E-state index contributed by atoms with van der Waals surface area (Å²) in [6.45, 7) is 0. The molecule has 4 aliphatic carbocycles. The van der Waals surface area contributed by atoms with Crippen LogP contribution in [0.3, 0.4) is 0 Å². The quantitative estimate of drug-likeness (QED) is 0.488. The first-order chi connectivity index (χ1) is 9.34. The van der Waals surface area contributed by atoms with Gasteiger partial charge in [-0.25, -0.2) is 8.42 Å². The molecule has 0 radical (unpaired) electrons. The number of hydrogen-bond acceptors (Lipinski definition) is 4. The normalized spacial score (nSPS) is 37.1. The summed E-state index contributed by atoms with van der Waals surface area (Å²) in [6, 6.07) is 0. The SMILES string of the molecule is O=C(CCCS(=O)(=O)[O-])NC12CC3CC(CC(C3)C1)C2.[Na+]. The van der Waals surface area contributed by atoms with Crippen LogP contribution < -0.4 is 34.9 Å². The minimum atomic E-state index is -4.20. The van der Waals surface area contributed by atoms with Crippen molar-refractivity contribution in [2.75, 3.05) is 5.75 Å². The summed E-state index contributed by atoms with van der Waals surface area (Å²) in [7, 11) is -4.20. The van der Waals surface area contributed by atoms with Crippen LogP contribution >= 0.6 is 0 Å². The predicted molar refractivity (Wildman–Crippen MR) is 72.8 cm³/mol. The molecule has 0 atom stereocenters. The fraction of sp³-hybridized carbons (Fsp3) is 0.929. The summed E-state index contributed by atoms with van der Waals surface area (Å²) in [4.78, 5) is 12.0. The van der Waals surface area contributed by atoms with Crippen LogP contribution in [-0.4, -0.2) is 30.2 Å². The molecule has 0 aromatic rings. The van der Waals surface area contributed by atoms with Crippen molar-refractivity contribution in [3.63, 3.8) is 0 Å². The molecule has 7 heteroatoms. The van der Waals surface area contributed by atoms with E-state index in [0.29, 0.717) is 0 Å². The molecule has 5 nitrogen and oxygen atoms in total. The second-order valence-corrected chi connectivity index (χ2v) is 8.64. The molecule has 1 N–H and O–H groups in total. The molecular weight excluding hydrogens is 301 g/mol. The van der Waals surface area contributed by atoms with Crippen LogP contribution in [0.25, 0.3) is 0 Å². The molecule has 4 saturated carbocycles. The molecule has 4 rings (SSSR count). The Bertz CT molecular complexity index is 470. The van der Waals surface area contributed by atoms with E-state index in [1.807, 2.05) is 0 Å². The van der Waals surface area contributed by atoms with Crippen LogP contribution in [0.2, 0.25) is 0 Å². The van der Waals surface area contributed by atoms with E-state index in [1.165, 1.54) is 19.3 Å². The maximum atomic E-state index is 12.0. The smallest absolute Gasteiger partial charge is 0.748 e. The van der Waals surface area contributed by atoms with Gasteiger partial charge in [0, 0.05) is 17.7 Å². The molecule has 0 aromatic heterocycles. The first-order valence-corrected chi connectivity index (χ1v) is 9.16. The van der Waals surface area contributed by atoms with Crippen LogP contribution in [-0.2, 0) is 14.9 Å². The van der Waals surface area contributed by atoms with Gasteiger partial charge in [0.05, 0.1) is 10.1 Å². The van der Waals surface area contributed by atoms with E-state index in [-0.39, 0.29) is 53.8 Å². The molecule has 0 saturated heterocycles. The van der Waals surface area contributed by atoms with Gasteiger partial charge in [0.25, 0.3) is 0 Å². The van der Waals surface area contributed by atoms with Gasteiger partial charge in [0.15, 0.2) is 0 Å². The van der Waals surface area contributed by atoms with Gasteiger partial charge < -0.3 is 9.87 Å². The summed E-state index contributed by atoms with van der Waals surface area (Å²) in [5.41, 5.74) is -0.0256. The molecule has 4 bridgehead atoms. The summed E-state index contributed by atoms with van der Waals surface area (Å²) in [6.07, 6.45) is 7.50. The Morgan fingerprint density at radius 3 is 2.00 bits per heavy atom. The van der Waals surface area contributed by atoms with Crippen molar-refractivity contribution in [3.8, 4) is 0 Å². The van der Waals surface area contributed by atoms with Crippen LogP contribution in [0, 0.1) is 17.8 Å². The molecular formula is C14H22NNaO4S. The number of carbonyl (C=O) groups is 1. The molecule has 1 amide bonds. The molecule has 4 fully saturated rings. The Hall–Kier alpha value is 0.380. The summed E-state index contributed by atoms with van der Waals surface area (Å²) < 4.78 is 31.6. The maximum Gasteiger partial charge on any atom is 1.00 e. The largest absolute Gasteiger partial charge is 1.00 e. The number of hydrogen-bond donors (Lipinski definition) is 1. The molecule has 0 spiro atoms. The number of amides is 1. The predicted octanol–water partition coefficient (Wildman–Crippen LogP) is -1.60. The standard InChI is InChI=1S/C14H23NO4S.Na/c16-13(2-1-3-20(17,18)19)15-14-7-10-4-11(8-14)6-12(5-10)9-14;/h10-12H,1-9H2,(H,15,16)(H,17,18,19);/q;+1/p-1. The maximum absolute atomic E-state index is 12.0. The van der Waals surface area contributed by atoms with Gasteiger partial charge in [-0.2, -0.15) is 0 Å². The molecule has 0 heterocycles. The second kappa shape index (κ2) is 6.48. The van der Waals surface area contributed by atoms with Crippen LogP contribution in [0.15, 0.2) is 0 Å². The van der Waals surface area contributed by atoms with E-state index >= 15 is 0 Å². The molecule has 21 heavy (non-hydrogen) atoms. The first kappa shape index (κ1) is 17.7. The van der Waals surface area contributed by atoms with E-state index in [4.69, 9.17) is 0 Å². The van der Waals surface area contributed by atoms with Gasteiger partial charge in [0.2, 0.25) is 5.91 Å². The Kier molecular flexibility index (Phi) is 5.47. The fourth-order valence-corrected chi connectivity index (χ4v) is 5.53. The number of carbonyl (C=O) groups excluding carboxylic acids is 1. The third kappa shape index (κ3) is 4.44. The van der Waals surface area contributed by atoms with E-state index in [9.17, 15) is 17.8 Å². The van der Waals surface area contributed by atoms with Crippen molar-refractivity contribution in [3.05, 3.63) is 0 Å². The summed E-state index contributed by atoms with van der Waals surface area (Å²) >= 11 is 0. The van der Waals surface area contributed by atoms with Crippen molar-refractivity contribution in [1.82, 2.24) is 5.32 Å². The Morgan fingerprint density at radius 1 is 1.10 bits per heavy atom. The van der Waals surface area contributed by atoms with Crippen molar-refractivity contribution in [2.24, 2.45) is 17.8 Å². The topological polar surface area (TPSA) is 86.3 Å². The zero-order valence-corrected chi connectivity index (χ0v) is 15.5. The van der Waals surface area contributed by atoms with Gasteiger partial charge >= 0.3 is 29.6 Å². The van der Waals surface area contributed by atoms with E-state index < -0.39 is 15.9 Å². The van der Waals surface area contributed by atoms with Crippen molar-refractivity contribution < 1.29 is 47.3 Å². The van der Waals surface area contributed by atoms with Crippen molar-refractivity contribution >= 4 is 16.0 Å². The molecule has 0 aromatic carbocycles. The minimum Gasteiger partial charge on any atom is -0.748 e. The van der Waals surface area contributed by atoms with E-state index in [2.05, 4.69) is 5.32 Å². The Labute approximate surface area is 148 Å². The summed E-state index contributed by atoms with van der Waals surface area (Å²) in [5, 5.41) is 3.17. The Morgan fingerprint density at radius 2 is 1.57 bits per heavy atom. The van der Waals surface area contributed by atoms with Gasteiger partial charge in [-0.15, -0.1) is 0 Å². The third-order valence-corrected chi connectivity index (χ3v) is 6.03. The van der Waals surface area contributed by atoms with E-state index in [1.54, 1.807) is 0 Å².